The van der Waals surface area contributed by atoms with E-state index in [0.717, 1.165) is 49.8 Å². The Balaban J connectivity index is 1.33. The van der Waals surface area contributed by atoms with E-state index >= 15 is 0 Å². The van der Waals surface area contributed by atoms with Crippen LogP contribution in [0.25, 0.3) is 0 Å². The van der Waals surface area contributed by atoms with Crippen LogP contribution in [-0.4, -0.2) is 38.3 Å². The summed E-state index contributed by atoms with van der Waals surface area (Å²) in [6, 6.07) is 5.68. The number of aromatic nitrogens is 4. The molecule has 170 valence electrons. The van der Waals surface area contributed by atoms with E-state index in [1.54, 1.807) is 16.2 Å². The van der Waals surface area contributed by atoms with Crippen molar-refractivity contribution in [2.45, 2.75) is 45.7 Å². The van der Waals surface area contributed by atoms with Gasteiger partial charge in [-0.05, 0) is 63.0 Å². The van der Waals surface area contributed by atoms with Crippen LogP contribution in [0.1, 0.15) is 38.4 Å². The maximum Gasteiger partial charge on any atom is 0.322 e. The van der Waals surface area contributed by atoms with Gasteiger partial charge in [0, 0.05) is 37.3 Å². The number of ether oxygens (including phenoxy) is 1. The van der Waals surface area contributed by atoms with Crippen LogP contribution in [0.3, 0.4) is 0 Å². The van der Waals surface area contributed by atoms with Crippen molar-refractivity contribution in [3.05, 3.63) is 41.6 Å². The molecule has 0 spiro atoms. The number of nitrogens with zero attached hydrogens (tertiary/aromatic N) is 5. The topological polar surface area (TPSA) is 68.1 Å². The van der Waals surface area contributed by atoms with E-state index in [4.69, 9.17) is 4.74 Å². The predicted octanol–water partition coefficient (Wildman–Crippen LogP) is 5.02. The van der Waals surface area contributed by atoms with Crippen LogP contribution < -0.4 is 15.0 Å². The van der Waals surface area contributed by atoms with Gasteiger partial charge in [-0.3, -0.25) is 0 Å². The van der Waals surface area contributed by atoms with E-state index in [2.05, 4.69) is 30.7 Å². The molecule has 0 amide bonds. The summed E-state index contributed by atoms with van der Waals surface area (Å²) in [7, 11) is 0. The summed E-state index contributed by atoms with van der Waals surface area (Å²) in [6.07, 6.45) is 2.32. The SMILES string of the molecule is Cc1cc(N2C[C@H]3CC[C@@H](C2)[C@H]3Nc2nc(Oc3cc(F)cc(F)c3)n(C(C)C)n2)sn1. The van der Waals surface area contributed by atoms with Crippen LogP contribution in [0.2, 0.25) is 0 Å². The van der Waals surface area contributed by atoms with Gasteiger partial charge in [0.2, 0.25) is 5.95 Å². The Morgan fingerprint density at radius 1 is 1.09 bits per heavy atom. The number of rotatable bonds is 6. The summed E-state index contributed by atoms with van der Waals surface area (Å²) in [5.74, 6) is 0.112. The average Bonchev–Trinajstić information content (AvgIpc) is 3.38. The number of aryl methyl sites for hydroxylation is 1. The molecule has 5 rings (SSSR count). The molecule has 2 fully saturated rings. The molecule has 1 aliphatic carbocycles. The van der Waals surface area contributed by atoms with Crippen LogP contribution >= 0.6 is 11.5 Å². The Kier molecular flexibility index (Phi) is 5.48. The monoisotopic (exact) mass is 460 g/mol. The Morgan fingerprint density at radius 2 is 1.78 bits per heavy atom. The first-order valence-electron chi connectivity index (χ1n) is 10.9. The second-order valence-corrected chi connectivity index (χ2v) is 9.73. The predicted molar refractivity (Wildman–Crippen MR) is 120 cm³/mol. The number of piperidine rings is 1. The third-order valence-electron chi connectivity index (χ3n) is 6.19. The van der Waals surface area contributed by atoms with Gasteiger partial charge in [-0.25, -0.2) is 13.5 Å². The Bertz CT molecular complexity index is 1080. The molecular formula is C22H26F2N6OS. The first kappa shape index (κ1) is 21.1. The second kappa shape index (κ2) is 8.31. The van der Waals surface area contributed by atoms with Crippen molar-refractivity contribution < 1.29 is 13.5 Å². The second-order valence-electron chi connectivity index (χ2n) is 8.94. The Hall–Kier alpha value is -2.75. The number of nitrogens with one attached hydrogen (secondary N) is 1. The quantitative estimate of drug-likeness (QED) is 0.557. The summed E-state index contributed by atoms with van der Waals surface area (Å²) in [5, 5.41) is 9.35. The number of fused-ring (bicyclic) bond motifs is 2. The van der Waals surface area contributed by atoms with E-state index in [0.29, 0.717) is 17.8 Å². The molecule has 1 saturated heterocycles. The molecule has 1 aromatic carbocycles. The normalized spacial score (nSPS) is 22.6. The van der Waals surface area contributed by atoms with Gasteiger partial charge in [0.05, 0.1) is 11.7 Å². The van der Waals surface area contributed by atoms with Crippen molar-refractivity contribution in [1.82, 2.24) is 19.1 Å². The Labute approximate surface area is 189 Å². The van der Waals surface area contributed by atoms with Crippen molar-refractivity contribution in [1.29, 1.82) is 0 Å². The van der Waals surface area contributed by atoms with Gasteiger partial charge < -0.3 is 15.0 Å². The maximum absolute atomic E-state index is 13.6. The number of hydrogen-bond donors (Lipinski definition) is 1. The minimum Gasteiger partial charge on any atom is -0.424 e. The fourth-order valence-corrected chi connectivity index (χ4v) is 5.53. The van der Waals surface area contributed by atoms with Gasteiger partial charge in [0.25, 0.3) is 0 Å². The lowest BCUT2D eigenvalue weighted by Crippen LogP contribution is -2.48. The highest BCUT2D eigenvalue weighted by molar-refractivity contribution is 7.10. The standard InChI is InChI=1S/C22H26F2N6OS/c1-12(2)30-22(31-18-8-16(23)7-17(24)9-18)26-21(27-30)25-20-14-4-5-15(20)11-29(10-14)19-6-13(3)28-32-19/h6-9,12,14-15,20H,4-5,10-11H2,1-3H3,(H,25,27)/t14-,15+,20+. The fourth-order valence-electron chi connectivity index (χ4n) is 4.76. The van der Waals surface area contributed by atoms with E-state index in [1.165, 1.54) is 5.00 Å². The molecular weight excluding hydrogens is 434 g/mol. The van der Waals surface area contributed by atoms with Gasteiger partial charge in [0.1, 0.15) is 22.4 Å². The first-order valence-corrected chi connectivity index (χ1v) is 11.7. The molecule has 0 unspecified atom stereocenters. The summed E-state index contributed by atoms with van der Waals surface area (Å²) >= 11 is 1.56. The van der Waals surface area contributed by atoms with Crippen LogP contribution in [0.4, 0.5) is 19.7 Å². The molecule has 3 aromatic rings. The van der Waals surface area contributed by atoms with Crippen molar-refractivity contribution in [3.8, 4) is 11.8 Å². The highest BCUT2D eigenvalue weighted by atomic mass is 32.1. The first-order chi connectivity index (χ1) is 15.4. The molecule has 1 aliphatic heterocycles. The van der Waals surface area contributed by atoms with Crippen LogP contribution in [-0.2, 0) is 0 Å². The lowest BCUT2D eigenvalue weighted by molar-refractivity contribution is 0.372. The van der Waals surface area contributed by atoms with Crippen molar-refractivity contribution >= 4 is 22.5 Å². The van der Waals surface area contributed by atoms with Crippen LogP contribution in [0.15, 0.2) is 24.3 Å². The molecule has 3 atom stereocenters. The summed E-state index contributed by atoms with van der Waals surface area (Å²) in [4.78, 5) is 6.95. The molecule has 7 nitrogen and oxygen atoms in total. The largest absolute Gasteiger partial charge is 0.424 e. The molecule has 10 heteroatoms. The van der Waals surface area contributed by atoms with E-state index in [9.17, 15) is 8.78 Å². The number of hydrogen-bond acceptors (Lipinski definition) is 7. The van der Waals surface area contributed by atoms with Crippen LogP contribution in [0, 0.1) is 30.4 Å². The minimum absolute atomic E-state index is 0.0282. The number of halogens is 2. The number of anilines is 2. The zero-order chi connectivity index (χ0) is 22.4. The summed E-state index contributed by atoms with van der Waals surface area (Å²) in [5.41, 5.74) is 1.06. The van der Waals surface area contributed by atoms with Gasteiger partial charge >= 0.3 is 6.01 Å². The molecule has 2 bridgehead atoms. The fraction of sp³-hybridized carbons (Fsp3) is 0.500. The van der Waals surface area contributed by atoms with Crippen molar-refractivity contribution in [2.75, 3.05) is 23.3 Å². The zero-order valence-corrected chi connectivity index (χ0v) is 19.1. The van der Waals surface area contributed by atoms with Gasteiger partial charge in [-0.2, -0.15) is 9.36 Å². The third kappa shape index (κ3) is 4.15. The zero-order valence-electron chi connectivity index (χ0n) is 18.3. The van der Waals surface area contributed by atoms with Gasteiger partial charge in [-0.15, -0.1) is 5.10 Å². The van der Waals surface area contributed by atoms with E-state index in [-0.39, 0.29) is 23.8 Å². The minimum atomic E-state index is -0.701. The van der Waals surface area contributed by atoms with Crippen molar-refractivity contribution in [3.63, 3.8) is 0 Å². The lowest BCUT2D eigenvalue weighted by Gasteiger charge is -2.38. The summed E-state index contributed by atoms with van der Waals surface area (Å²) in [6.45, 7) is 7.89. The average molecular weight is 461 g/mol. The molecule has 0 radical (unpaired) electrons. The highest BCUT2D eigenvalue weighted by Gasteiger charge is 2.43. The highest BCUT2D eigenvalue weighted by Crippen LogP contribution is 2.41. The molecule has 1 N–H and O–H groups in total. The van der Waals surface area contributed by atoms with Crippen LogP contribution in [0.5, 0.6) is 11.8 Å². The van der Waals surface area contributed by atoms with Crippen molar-refractivity contribution in [2.24, 2.45) is 11.8 Å². The molecule has 2 aliphatic rings. The third-order valence-corrected chi connectivity index (χ3v) is 7.13. The lowest BCUT2D eigenvalue weighted by atomic mass is 9.92. The molecule has 2 aromatic heterocycles. The van der Waals surface area contributed by atoms with E-state index < -0.39 is 11.6 Å². The van der Waals surface area contributed by atoms with Gasteiger partial charge in [-0.1, -0.05) is 0 Å². The number of benzene rings is 1. The van der Waals surface area contributed by atoms with E-state index in [1.807, 2.05) is 20.8 Å². The summed E-state index contributed by atoms with van der Waals surface area (Å²) < 4.78 is 38.9. The smallest absolute Gasteiger partial charge is 0.322 e. The Morgan fingerprint density at radius 3 is 2.38 bits per heavy atom. The molecule has 3 heterocycles. The molecule has 32 heavy (non-hydrogen) atoms. The maximum atomic E-state index is 13.6. The van der Waals surface area contributed by atoms with Gasteiger partial charge in [0.15, 0.2) is 0 Å². The molecule has 1 saturated carbocycles.